The Morgan fingerprint density at radius 2 is 1.78 bits per heavy atom. The summed E-state index contributed by atoms with van der Waals surface area (Å²) in [7, 11) is -3.34. The van der Waals surface area contributed by atoms with E-state index in [4.69, 9.17) is 9.47 Å². The van der Waals surface area contributed by atoms with Crippen molar-refractivity contribution in [1.29, 1.82) is 0 Å². The number of rotatable bonds is 7. The van der Waals surface area contributed by atoms with Crippen LogP contribution < -0.4 is 19.1 Å². The van der Waals surface area contributed by atoms with E-state index in [9.17, 15) is 13.2 Å². The highest BCUT2D eigenvalue weighted by Gasteiger charge is 2.19. The molecule has 1 aliphatic heterocycles. The van der Waals surface area contributed by atoms with Crippen molar-refractivity contribution in [3.8, 4) is 11.5 Å². The number of amides is 1. The molecule has 3 rings (SSSR count). The molecule has 0 aromatic heterocycles. The zero-order valence-corrected chi connectivity index (χ0v) is 16.1. The van der Waals surface area contributed by atoms with Crippen LogP contribution in [0.25, 0.3) is 0 Å². The number of nitrogens with zero attached hydrogens (tertiary/aromatic N) is 1. The Kier molecular flexibility index (Phi) is 5.55. The number of nitrogens with one attached hydrogen (secondary N) is 1. The third-order valence-electron chi connectivity index (χ3n) is 4.30. The van der Waals surface area contributed by atoms with Crippen molar-refractivity contribution in [3.63, 3.8) is 0 Å². The van der Waals surface area contributed by atoms with Crippen LogP contribution in [0.3, 0.4) is 0 Å². The molecule has 1 heterocycles. The molecule has 0 aliphatic carbocycles. The molecule has 0 fully saturated rings. The number of hydrogen-bond acceptors (Lipinski definition) is 5. The van der Waals surface area contributed by atoms with E-state index in [1.807, 2.05) is 18.2 Å². The fourth-order valence-electron chi connectivity index (χ4n) is 2.81. The monoisotopic (exact) mass is 390 g/mol. The summed E-state index contributed by atoms with van der Waals surface area (Å²) in [6.45, 7) is 4.28. The number of carbonyl (C=O) groups excluding carboxylic acids is 1. The van der Waals surface area contributed by atoms with E-state index in [1.54, 1.807) is 38.1 Å². The molecule has 0 unspecified atom stereocenters. The van der Waals surface area contributed by atoms with Gasteiger partial charge < -0.3 is 14.8 Å². The van der Waals surface area contributed by atoms with Crippen molar-refractivity contribution in [2.45, 2.75) is 20.4 Å². The van der Waals surface area contributed by atoms with Crippen LogP contribution in [0.15, 0.2) is 42.5 Å². The van der Waals surface area contributed by atoms with Gasteiger partial charge in [-0.3, -0.25) is 9.10 Å². The second-order valence-electron chi connectivity index (χ2n) is 5.98. The first kappa shape index (κ1) is 19.0. The summed E-state index contributed by atoms with van der Waals surface area (Å²) in [5.41, 5.74) is 1.91. The van der Waals surface area contributed by atoms with Gasteiger partial charge >= 0.3 is 0 Å². The molecular formula is C19H22N2O5S. The van der Waals surface area contributed by atoms with Crippen LogP contribution in [-0.2, 0) is 16.6 Å². The normalized spacial score (nSPS) is 12.7. The lowest BCUT2D eigenvalue weighted by Gasteiger charge is -2.22. The lowest BCUT2D eigenvalue weighted by molar-refractivity contribution is 0.0951. The van der Waals surface area contributed by atoms with Gasteiger partial charge in [0.2, 0.25) is 16.8 Å². The summed E-state index contributed by atoms with van der Waals surface area (Å²) in [5, 5.41) is 2.84. The highest BCUT2D eigenvalue weighted by Crippen LogP contribution is 2.32. The number of benzene rings is 2. The van der Waals surface area contributed by atoms with Crippen LogP contribution in [-0.4, -0.2) is 33.4 Å². The maximum atomic E-state index is 12.4. The van der Waals surface area contributed by atoms with Gasteiger partial charge in [0.1, 0.15) is 0 Å². The molecular weight excluding hydrogens is 368 g/mol. The Hall–Kier alpha value is -2.74. The van der Waals surface area contributed by atoms with E-state index >= 15 is 0 Å². The number of anilines is 1. The minimum absolute atomic E-state index is 0.0264. The van der Waals surface area contributed by atoms with E-state index in [-0.39, 0.29) is 18.5 Å². The van der Waals surface area contributed by atoms with Gasteiger partial charge in [-0.25, -0.2) is 8.42 Å². The number of ether oxygens (including phenoxy) is 2. The Morgan fingerprint density at radius 1 is 1.07 bits per heavy atom. The quantitative estimate of drug-likeness (QED) is 0.785. The van der Waals surface area contributed by atoms with Crippen molar-refractivity contribution >= 4 is 21.6 Å². The smallest absolute Gasteiger partial charge is 0.251 e. The van der Waals surface area contributed by atoms with Crippen LogP contribution in [0.5, 0.6) is 11.5 Å². The van der Waals surface area contributed by atoms with E-state index in [2.05, 4.69) is 5.32 Å². The lowest BCUT2D eigenvalue weighted by atomic mass is 10.1. The second kappa shape index (κ2) is 7.87. The second-order valence-corrected chi connectivity index (χ2v) is 8.16. The molecule has 0 bridgehead atoms. The molecule has 1 aliphatic rings. The molecule has 7 nitrogen and oxygen atoms in total. The van der Waals surface area contributed by atoms with Gasteiger partial charge in [-0.05, 0) is 55.8 Å². The third kappa shape index (κ3) is 4.16. The van der Waals surface area contributed by atoms with Gasteiger partial charge in [0.05, 0.1) is 11.4 Å². The molecule has 8 heteroatoms. The van der Waals surface area contributed by atoms with Crippen molar-refractivity contribution in [2.24, 2.45) is 0 Å². The molecule has 0 atom stereocenters. The molecule has 27 heavy (non-hydrogen) atoms. The number of hydrogen-bond donors (Lipinski definition) is 1. The highest BCUT2D eigenvalue weighted by atomic mass is 32.2. The summed E-state index contributed by atoms with van der Waals surface area (Å²) >= 11 is 0. The standard InChI is InChI=1S/C19H22N2O5S/c1-3-21(27(23,24)4-2)16-8-6-15(7-9-16)19(22)20-12-14-5-10-17-18(11-14)26-13-25-17/h5-11H,3-4,12-13H2,1-2H3,(H,20,22). The topological polar surface area (TPSA) is 84.9 Å². The van der Waals surface area contributed by atoms with Crippen LogP contribution in [0.1, 0.15) is 29.8 Å². The predicted molar refractivity (Wildman–Crippen MR) is 103 cm³/mol. The summed E-state index contributed by atoms with van der Waals surface area (Å²) < 4.78 is 36.2. The van der Waals surface area contributed by atoms with E-state index < -0.39 is 10.0 Å². The van der Waals surface area contributed by atoms with Crippen molar-refractivity contribution < 1.29 is 22.7 Å². The first-order valence-electron chi connectivity index (χ1n) is 8.71. The van der Waals surface area contributed by atoms with Crippen LogP contribution in [0, 0.1) is 0 Å². The SMILES string of the molecule is CCN(c1ccc(C(=O)NCc2ccc3c(c2)OCO3)cc1)S(=O)(=O)CC. The van der Waals surface area contributed by atoms with Gasteiger partial charge in [0.15, 0.2) is 11.5 Å². The average Bonchev–Trinajstić information content (AvgIpc) is 3.15. The third-order valence-corrected chi connectivity index (χ3v) is 6.17. The van der Waals surface area contributed by atoms with Crippen molar-refractivity contribution in [3.05, 3.63) is 53.6 Å². The molecule has 2 aromatic carbocycles. The van der Waals surface area contributed by atoms with Crippen molar-refractivity contribution in [2.75, 3.05) is 23.4 Å². The highest BCUT2D eigenvalue weighted by molar-refractivity contribution is 7.92. The summed E-state index contributed by atoms with van der Waals surface area (Å²) in [4.78, 5) is 12.4. The van der Waals surface area contributed by atoms with Crippen LogP contribution in [0.2, 0.25) is 0 Å². The molecule has 0 radical (unpaired) electrons. The molecule has 0 spiro atoms. The lowest BCUT2D eigenvalue weighted by Crippen LogP contribution is -2.32. The summed E-state index contributed by atoms with van der Waals surface area (Å²) in [5.74, 6) is 1.16. The minimum atomic E-state index is -3.34. The summed E-state index contributed by atoms with van der Waals surface area (Å²) in [6.07, 6.45) is 0. The number of fused-ring (bicyclic) bond motifs is 1. The molecule has 0 saturated heterocycles. The molecule has 144 valence electrons. The number of sulfonamides is 1. The fraction of sp³-hybridized carbons (Fsp3) is 0.316. The Balaban J connectivity index is 1.65. The van der Waals surface area contributed by atoms with Crippen LogP contribution in [0.4, 0.5) is 5.69 Å². The van der Waals surface area contributed by atoms with Gasteiger partial charge in [-0.15, -0.1) is 0 Å². The maximum Gasteiger partial charge on any atom is 0.251 e. The largest absolute Gasteiger partial charge is 0.454 e. The predicted octanol–water partition coefficient (Wildman–Crippen LogP) is 2.52. The Morgan fingerprint density at radius 3 is 2.44 bits per heavy atom. The summed E-state index contributed by atoms with van der Waals surface area (Å²) in [6, 6.07) is 12.0. The van der Waals surface area contributed by atoms with Gasteiger partial charge in [0, 0.05) is 18.7 Å². The zero-order chi connectivity index (χ0) is 19.4. The van der Waals surface area contributed by atoms with Gasteiger partial charge in [-0.2, -0.15) is 0 Å². The Bertz CT molecular complexity index is 926. The first-order chi connectivity index (χ1) is 12.9. The van der Waals surface area contributed by atoms with Crippen molar-refractivity contribution in [1.82, 2.24) is 5.32 Å². The van der Waals surface area contributed by atoms with Gasteiger partial charge in [-0.1, -0.05) is 6.07 Å². The maximum absolute atomic E-state index is 12.4. The molecule has 1 amide bonds. The molecule has 2 aromatic rings. The molecule has 0 saturated carbocycles. The van der Waals surface area contributed by atoms with Gasteiger partial charge in [0.25, 0.3) is 5.91 Å². The first-order valence-corrected chi connectivity index (χ1v) is 10.3. The molecule has 1 N–H and O–H groups in total. The minimum Gasteiger partial charge on any atom is -0.454 e. The van der Waals surface area contributed by atoms with E-state index in [1.165, 1.54) is 4.31 Å². The van der Waals surface area contributed by atoms with E-state index in [0.717, 1.165) is 5.56 Å². The average molecular weight is 390 g/mol. The van der Waals surface area contributed by atoms with Crippen LogP contribution >= 0.6 is 0 Å². The zero-order valence-electron chi connectivity index (χ0n) is 15.3. The van der Waals surface area contributed by atoms with E-state index in [0.29, 0.717) is 35.8 Å². The Labute approximate surface area is 158 Å². The fourth-order valence-corrected chi connectivity index (χ4v) is 3.96. The number of carbonyl (C=O) groups is 1.